The van der Waals surface area contributed by atoms with Crippen molar-refractivity contribution in [1.29, 1.82) is 0 Å². The molecule has 236 valence electrons. The standard InChI is InChI=1S/C31H32F2N6O6/c1-31(17-40)18-45-30-27(33)24(32)11-23-28(30)38(31)15-20(29(23)41)14-37(13-19-7-8-34-26(10-19)44-2)22-4-3-9-36(16-22)21-5-6-25(35-12-21)39(42)43/h5-8,10-12,15,22,40H,3-4,9,13-14,16-18H2,1-2H3/t22-,31?/m0/s1. The van der Waals surface area contributed by atoms with Crippen LogP contribution in [-0.4, -0.2) is 68.9 Å². The van der Waals surface area contributed by atoms with Gasteiger partial charge in [0.05, 0.1) is 35.8 Å². The molecule has 12 nitrogen and oxygen atoms in total. The lowest BCUT2D eigenvalue weighted by Crippen LogP contribution is -2.48. The zero-order chi connectivity index (χ0) is 31.9. The van der Waals surface area contributed by atoms with Crippen molar-refractivity contribution in [2.75, 3.05) is 38.3 Å². The predicted molar refractivity (Wildman–Crippen MR) is 161 cm³/mol. The van der Waals surface area contributed by atoms with Crippen LogP contribution in [0.3, 0.4) is 0 Å². The Bertz CT molecular complexity index is 1820. The molecule has 1 unspecified atom stereocenters. The van der Waals surface area contributed by atoms with E-state index in [1.807, 2.05) is 12.1 Å². The molecule has 1 aromatic carbocycles. The first-order chi connectivity index (χ1) is 21.6. The van der Waals surface area contributed by atoms with Crippen molar-refractivity contribution in [2.45, 2.75) is 44.4 Å². The highest BCUT2D eigenvalue weighted by Crippen LogP contribution is 2.38. The maximum absolute atomic E-state index is 14.8. The zero-order valence-corrected chi connectivity index (χ0v) is 24.8. The Balaban J connectivity index is 1.41. The molecular formula is C31H32F2N6O6. The van der Waals surface area contributed by atoms with Crippen LogP contribution in [0, 0.1) is 21.7 Å². The van der Waals surface area contributed by atoms with Gasteiger partial charge in [-0.15, -0.1) is 0 Å². The van der Waals surface area contributed by atoms with Crippen LogP contribution in [0.5, 0.6) is 11.6 Å². The summed E-state index contributed by atoms with van der Waals surface area (Å²) in [7, 11) is 1.53. The summed E-state index contributed by atoms with van der Waals surface area (Å²) >= 11 is 0. The number of ether oxygens (including phenoxy) is 2. The third kappa shape index (κ3) is 5.66. The molecule has 5 heterocycles. The second-order valence-electron chi connectivity index (χ2n) is 11.7. The normalized spacial score (nSPS) is 19.5. The molecule has 4 aromatic rings. The molecule has 14 heteroatoms. The van der Waals surface area contributed by atoms with Crippen molar-refractivity contribution in [3.05, 3.63) is 92.0 Å². The summed E-state index contributed by atoms with van der Waals surface area (Å²) in [4.78, 5) is 36.9. The summed E-state index contributed by atoms with van der Waals surface area (Å²) in [5.41, 5.74) is 0.599. The van der Waals surface area contributed by atoms with Gasteiger partial charge < -0.3 is 34.2 Å². The van der Waals surface area contributed by atoms with Crippen molar-refractivity contribution in [2.24, 2.45) is 0 Å². The van der Waals surface area contributed by atoms with E-state index in [9.17, 15) is 28.8 Å². The third-order valence-electron chi connectivity index (χ3n) is 8.63. The first-order valence-corrected chi connectivity index (χ1v) is 14.5. The highest BCUT2D eigenvalue weighted by atomic mass is 19.2. The number of benzene rings is 1. The first-order valence-electron chi connectivity index (χ1n) is 14.5. The van der Waals surface area contributed by atoms with E-state index in [2.05, 4.69) is 19.8 Å². The summed E-state index contributed by atoms with van der Waals surface area (Å²) in [5, 5.41) is 21.4. The minimum Gasteiger partial charge on any atom is -0.486 e. The van der Waals surface area contributed by atoms with E-state index in [0.717, 1.165) is 36.7 Å². The van der Waals surface area contributed by atoms with E-state index < -0.39 is 27.5 Å². The van der Waals surface area contributed by atoms with Crippen LogP contribution in [-0.2, 0) is 18.6 Å². The van der Waals surface area contributed by atoms with Crippen molar-refractivity contribution in [1.82, 2.24) is 19.4 Å². The predicted octanol–water partition coefficient (Wildman–Crippen LogP) is 3.76. The van der Waals surface area contributed by atoms with E-state index in [1.54, 1.807) is 30.0 Å². The van der Waals surface area contributed by atoms with Crippen LogP contribution in [0.15, 0.2) is 53.7 Å². The summed E-state index contributed by atoms with van der Waals surface area (Å²) in [6, 6.07) is 7.55. The number of nitro groups is 1. The Hall–Kier alpha value is -4.69. The van der Waals surface area contributed by atoms with Gasteiger partial charge in [-0.1, -0.05) is 0 Å². The number of nitrogens with zero attached hydrogens (tertiary/aromatic N) is 6. The van der Waals surface area contributed by atoms with Gasteiger partial charge in [-0.3, -0.25) is 9.69 Å². The first kappa shape index (κ1) is 30.3. The highest BCUT2D eigenvalue weighted by Gasteiger charge is 2.37. The zero-order valence-electron chi connectivity index (χ0n) is 24.8. The summed E-state index contributed by atoms with van der Waals surface area (Å²) in [6.07, 6.45) is 6.36. The quantitative estimate of drug-likeness (QED) is 0.217. The van der Waals surface area contributed by atoms with Gasteiger partial charge in [0.1, 0.15) is 6.61 Å². The molecule has 2 aliphatic rings. The van der Waals surface area contributed by atoms with Crippen LogP contribution in [0.1, 0.15) is 30.9 Å². The van der Waals surface area contributed by atoms with Crippen LogP contribution in [0.4, 0.5) is 20.3 Å². The molecule has 0 radical (unpaired) electrons. The monoisotopic (exact) mass is 622 g/mol. The van der Waals surface area contributed by atoms with Gasteiger partial charge >= 0.3 is 5.82 Å². The van der Waals surface area contributed by atoms with E-state index in [0.29, 0.717) is 24.5 Å². The lowest BCUT2D eigenvalue weighted by atomic mass is 9.98. The molecule has 0 saturated carbocycles. The average molecular weight is 623 g/mol. The molecule has 1 fully saturated rings. The second kappa shape index (κ2) is 12.0. The number of aromatic nitrogens is 3. The van der Waals surface area contributed by atoms with Crippen molar-refractivity contribution < 1.29 is 28.3 Å². The van der Waals surface area contributed by atoms with E-state index >= 15 is 0 Å². The number of aliphatic hydroxyl groups excluding tert-OH is 1. The van der Waals surface area contributed by atoms with Gasteiger partial charge in [-0.05, 0) is 53.4 Å². The van der Waals surface area contributed by atoms with E-state index in [1.165, 1.54) is 19.4 Å². The summed E-state index contributed by atoms with van der Waals surface area (Å²) in [5.74, 6) is -2.51. The molecule has 3 aromatic heterocycles. The van der Waals surface area contributed by atoms with Crippen LogP contribution in [0.2, 0.25) is 0 Å². The molecule has 1 N–H and O–H groups in total. The molecule has 0 aliphatic carbocycles. The summed E-state index contributed by atoms with van der Waals surface area (Å²) < 4.78 is 42.0. The van der Waals surface area contributed by atoms with Crippen molar-refractivity contribution >= 4 is 22.4 Å². The Morgan fingerprint density at radius 2 is 2.07 bits per heavy atom. The van der Waals surface area contributed by atoms with Gasteiger partial charge in [-0.2, -0.15) is 4.39 Å². The largest absolute Gasteiger partial charge is 0.486 e. The average Bonchev–Trinajstić information content (AvgIpc) is 3.06. The second-order valence-corrected chi connectivity index (χ2v) is 11.7. The van der Waals surface area contributed by atoms with Gasteiger partial charge in [0.15, 0.2) is 23.2 Å². The number of hydrogen-bond acceptors (Lipinski definition) is 10. The number of piperidine rings is 1. The molecule has 2 atom stereocenters. The maximum atomic E-state index is 14.8. The Kier molecular flexibility index (Phi) is 8.10. The fourth-order valence-electron chi connectivity index (χ4n) is 6.13. The van der Waals surface area contributed by atoms with Crippen molar-refractivity contribution in [3.8, 4) is 11.6 Å². The third-order valence-corrected chi connectivity index (χ3v) is 8.63. The summed E-state index contributed by atoms with van der Waals surface area (Å²) in [6.45, 7) is 3.10. The number of halogens is 2. The minimum atomic E-state index is -1.19. The molecule has 2 aliphatic heterocycles. The Morgan fingerprint density at radius 3 is 2.78 bits per heavy atom. The van der Waals surface area contributed by atoms with Crippen LogP contribution in [0.25, 0.3) is 10.9 Å². The SMILES string of the molecule is COc1cc(CN(Cc2cn3c4c(c(F)c(F)cc4c2=O)OCC3(C)CO)[C@H]2CCCN(c3ccc([N+](=O)[O-])nc3)C2)ccn1. The van der Waals surface area contributed by atoms with Crippen molar-refractivity contribution in [3.63, 3.8) is 0 Å². The minimum absolute atomic E-state index is 0.0338. The lowest BCUT2D eigenvalue weighted by molar-refractivity contribution is -0.389. The lowest BCUT2D eigenvalue weighted by Gasteiger charge is -2.41. The Morgan fingerprint density at radius 1 is 1.24 bits per heavy atom. The van der Waals surface area contributed by atoms with Crippen LogP contribution < -0.4 is 19.8 Å². The topological polar surface area (TPSA) is 136 Å². The number of anilines is 1. The number of methoxy groups -OCH3 is 1. The number of pyridine rings is 3. The molecule has 1 saturated heterocycles. The number of aliphatic hydroxyl groups is 1. The fourth-order valence-corrected chi connectivity index (χ4v) is 6.13. The van der Waals surface area contributed by atoms with Gasteiger partial charge in [0.2, 0.25) is 11.7 Å². The molecule has 45 heavy (non-hydrogen) atoms. The number of hydrogen-bond donors (Lipinski definition) is 1. The molecule has 0 amide bonds. The molecule has 0 spiro atoms. The molecular weight excluding hydrogens is 590 g/mol. The van der Waals surface area contributed by atoms with Crippen LogP contribution >= 0.6 is 0 Å². The molecule has 6 rings (SSSR count). The highest BCUT2D eigenvalue weighted by molar-refractivity contribution is 5.86. The fraction of sp³-hybridized carbons (Fsp3) is 0.387. The van der Waals surface area contributed by atoms with Gasteiger partial charge in [-0.25, -0.2) is 9.37 Å². The van der Waals surface area contributed by atoms with E-state index in [4.69, 9.17) is 9.47 Å². The maximum Gasteiger partial charge on any atom is 0.363 e. The van der Waals surface area contributed by atoms with Gasteiger partial charge in [0.25, 0.3) is 0 Å². The van der Waals surface area contributed by atoms with Gasteiger partial charge in [0, 0.05) is 62.3 Å². The smallest absolute Gasteiger partial charge is 0.363 e. The molecule has 0 bridgehead atoms. The van der Waals surface area contributed by atoms with E-state index in [-0.39, 0.29) is 48.3 Å². The Labute approximate surface area is 256 Å². The number of rotatable bonds is 9.